The normalized spacial score (nSPS) is 17.0. The number of amides is 1. The van der Waals surface area contributed by atoms with Gasteiger partial charge in [0.1, 0.15) is 0 Å². The van der Waals surface area contributed by atoms with Crippen LogP contribution in [0.25, 0.3) is 0 Å². The first-order chi connectivity index (χ1) is 9.97. The zero-order chi connectivity index (χ0) is 15.4. The van der Waals surface area contributed by atoms with Crippen molar-refractivity contribution in [2.75, 3.05) is 46.8 Å². The summed E-state index contributed by atoms with van der Waals surface area (Å²) in [5.41, 5.74) is 4.20. The molecule has 1 aromatic carbocycles. The molecule has 1 aromatic rings. The second-order valence-electron chi connectivity index (χ2n) is 6.21. The van der Waals surface area contributed by atoms with E-state index in [1.165, 1.54) is 16.7 Å². The molecule has 0 radical (unpaired) electrons. The third-order valence-electron chi connectivity index (χ3n) is 4.35. The van der Waals surface area contributed by atoms with E-state index in [4.69, 9.17) is 0 Å². The summed E-state index contributed by atoms with van der Waals surface area (Å²) in [7, 11) is 3.64. The fourth-order valence-electron chi connectivity index (χ4n) is 2.76. The highest BCUT2D eigenvalue weighted by molar-refractivity contribution is 5.77. The highest BCUT2D eigenvalue weighted by atomic mass is 16.2. The van der Waals surface area contributed by atoms with Crippen LogP contribution in [-0.4, -0.2) is 67.4 Å². The number of hydrogen-bond donors (Lipinski definition) is 0. The van der Waals surface area contributed by atoms with Gasteiger partial charge in [-0.2, -0.15) is 0 Å². The first-order valence-corrected chi connectivity index (χ1v) is 7.67. The average Bonchev–Trinajstić information content (AvgIpc) is 2.44. The smallest absolute Gasteiger partial charge is 0.236 e. The summed E-state index contributed by atoms with van der Waals surface area (Å²) in [6, 6.07) is 6.50. The Morgan fingerprint density at radius 1 is 1.05 bits per heavy atom. The summed E-state index contributed by atoms with van der Waals surface area (Å²) in [4.78, 5) is 18.2. The summed E-state index contributed by atoms with van der Waals surface area (Å²) < 4.78 is 0. The molecule has 1 heterocycles. The summed E-state index contributed by atoms with van der Waals surface area (Å²) in [5, 5.41) is 0. The average molecular weight is 289 g/mol. The highest BCUT2D eigenvalue weighted by Gasteiger charge is 2.20. The molecule has 4 heteroatoms. The number of carbonyl (C=O) groups is 1. The lowest BCUT2D eigenvalue weighted by Crippen LogP contribution is -2.49. The molecule has 0 bridgehead atoms. The first-order valence-electron chi connectivity index (χ1n) is 7.67. The van der Waals surface area contributed by atoms with Crippen molar-refractivity contribution < 1.29 is 4.79 Å². The summed E-state index contributed by atoms with van der Waals surface area (Å²) in [5.74, 6) is 0.193. The maximum Gasteiger partial charge on any atom is 0.236 e. The van der Waals surface area contributed by atoms with Crippen LogP contribution in [0.5, 0.6) is 0 Å². The van der Waals surface area contributed by atoms with E-state index in [0.717, 1.165) is 32.7 Å². The van der Waals surface area contributed by atoms with E-state index in [-0.39, 0.29) is 5.91 Å². The Morgan fingerprint density at radius 3 is 2.10 bits per heavy atom. The van der Waals surface area contributed by atoms with Gasteiger partial charge in [-0.3, -0.25) is 14.6 Å². The molecule has 21 heavy (non-hydrogen) atoms. The van der Waals surface area contributed by atoms with Crippen LogP contribution < -0.4 is 0 Å². The van der Waals surface area contributed by atoms with Gasteiger partial charge < -0.3 is 4.90 Å². The molecule has 0 aromatic heterocycles. The SMILES string of the molecule is Cc1cccc(C)c1CN1CCN(CC(=O)N(C)C)CC1. The Morgan fingerprint density at radius 2 is 1.57 bits per heavy atom. The summed E-state index contributed by atoms with van der Waals surface area (Å²) >= 11 is 0. The number of hydrogen-bond acceptors (Lipinski definition) is 3. The Balaban J connectivity index is 1.86. The fourth-order valence-corrected chi connectivity index (χ4v) is 2.76. The van der Waals surface area contributed by atoms with E-state index in [2.05, 4.69) is 41.8 Å². The standard InChI is InChI=1S/C17H27N3O/c1-14-6-5-7-15(2)16(14)12-19-8-10-20(11-9-19)13-17(21)18(3)4/h5-7H,8-13H2,1-4H3. The molecular formula is C17H27N3O. The van der Waals surface area contributed by atoms with Gasteiger partial charge in [-0.25, -0.2) is 0 Å². The molecule has 1 aliphatic heterocycles. The van der Waals surface area contributed by atoms with Crippen LogP contribution in [0.1, 0.15) is 16.7 Å². The number of piperazine rings is 1. The van der Waals surface area contributed by atoms with Crippen LogP contribution in [-0.2, 0) is 11.3 Å². The molecule has 1 saturated heterocycles. The lowest BCUT2D eigenvalue weighted by molar-refractivity contribution is -0.130. The van der Waals surface area contributed by atoms with Gasteiger partial charge in [-0.1, -0.05) is 18.2 Å². The van der Waals surface area contributed by atoms with Crippen LogP contribution in [0.3, 0.4) is 0 Å². The number of nitrogens with zero attached hydrogens (tertiary/aromatic N) is 3. The van der Waals surface area contributed by atoms with Crippen LogP contribution in [0.2, 0.25) is 0 Å². The molecule has 1 aliphatic rings. The second-order valence-corrected chi connectivity index (χ2v) is 6.21. The Bertz CT molecular complexity index is 471. The van der Waals surface area contributed by atoms with Gasteiger partial charge in [0.2, 0.25) is 5.91 Å². The van der Waals surface area contributed by atoms with Gasteiger partial charge >= 0.3 is 0 Å². The lowest BCUT2D eigenvalue weighted by Gasteiger charge is -2.35. The molecular weight excluding hydrogens is 262 g/mol. The maximum absolute atomic E-state index is 11.7. The number of aryl methyl sites for hydroxylation is 2. The van der Waals surface area contributed by atoms with E-state index >= 15 is 0 Å². The molecule has 1 fully saturated rings. The highest BCUT2D eigenvalue weighted by Crippen LogP contribution is 2.16. The first kappa shape index (κ1) is 16.0. The van der Waals surface area contributed by atoms with Crippen molar-refractivity contribution in [1.29, 1.82) is 0 Å². The maximum atomic E-state index is 11.7. The van der Waals surface area contributed by atoms with E-state index in [1.54, 1.807) is 4.90 Å². The lowest BCUT2D eigenvalue weighted by atomic mass is 10.0. The van der Waals surface area contributed by atoms with Crippen LogP contribution in [0.15, 0.2) is 18.2 Å². The van der Waals surface area contributed by atoms with Gasteiger partial charge in [0.05, 0.1) is 6.54 Å². The third kappa shape index (κ3) is 4.29. The minimum Gasteiger partial charge on any atom is -0.348 e. The second kappa shape index (κ2) is 7.05. The van der Waals surface area contributed by atoms with E-state index in [9.17, 15) is 4.79 Å². The molecule has 116 valence electrons. The van der Waals surface area contributed by atoms with Gasteiger partial charge in [-0.05, 0) is 30.5 Å². The van der Waals surface area contributed by atoms with Crippen molar-refractivity contribution in [2.24, 2.45) is 0 Å². The van der Waals surface area contributed by atoms with Crippen LogP contribution in [0, 0.1) is 13.8 Å². The predicted octanol–water partition coefficient (Wildman–Crippen LogP) is 1.51. The zero-order valence-corrected chi connectivity index (χ0v) is 13.7. The molecule has 4 nitrogen and oxygen atoms in total. The minimum atomic E-state index is 0.193. The largest absolute Gasteiger partial charge is 0.348 e. The number of rotatable bonds is 4. The van der Waals surface area contributed by atoms with Crippen LogP contribution in [0.4, 0.5) is 0 Å². The molecule has 2 rings (SSSR count). The molecule has 1 amide bonds. The Labute approximate surface area is 128 Å². The third-order valence-corrected chi connectivity index (χ3v) is 4.35. The van der Waals surface area contributed by atoms with Gasteiger partial charge in [-0.15, -0.1) is 0 Å². The number of likely N-dealkylation sites (N-methyl/N-ethyl adjacent to an activating group) is 1. The molecule has 0 saturated carbocycles. The van der Waals surface area contributed by atoms with Crippen LogP contribution >= 0.6 is 0 Å². The molecule has 0 N–H and O–H groups in total. The van der Waals surface area contributed by atoms with Crippen molar-refractivity contribution in [2.45, 2.75) is 20.4 Å². The summed E-state index contributed by atoms with van der Waals surface area (Å²) in [6.45, 7) is 9.97. The quantitative estimate of drug-likeness (QED) is 0.840. The monoisotopic (exact) mass is 289 g/mol. The van der Waals surface area contributed by atoms with E-state index in [1.807, 2.05) is 14.1 Å². The minimum absolute atomic E-state index is 0.193. The fraction of sp³-hybridized carbons (Fsp3) is 0.588. The topological polar surface area (TPSA) is 26.8 Å². The molecule has 0 aliphatic carbocycles. The van der Waals surface area contributed by atoms with E-state index in [0.29, 0.717) is 6.54 Å². The van der Waals surface area contributed by atoms with Crippen molar-refractivity contribution in [3.63, 3.8) is 0 Å². The van der Waals surface area contributed by atoms with E-state index < -0.39 is 0 Å². The molecule has 0 spiro atoms. The van der Waals surface area contributed by atoms with Crippen molar-refractivity contribution >= 4 is 5.91 Å². The van der Waals surface area contributed by atoms with Gasteiger partial charge in [0, 0.05) is 46.8 Å². The zero-order valence-electron chi connectivity index (χ0n) is 13.7. The van der Waals surface area contributed by atoms with Crippen molar-refractivity contribution in [3.05, 3.63) is 34.9 Å². The number of carbonyl (C=O) groups excluding carboxylic acids is 1. The Hall–Kier alpha value is -1.39. The predicted molar refractivity (Wildman–Crippen MR) is 86.3 cm³/mol. The van der Waals surface area contributed by atoms with Crippen molar-refractivity contribution in [3.8, 4) is 0 Å². The molecule has 0 atom stereocenters. The Kier molecular flexibility index (Phi) is 5.37. The van der Waals surface area contributed by atoms with Crippen molar-refractivity contribution in [1.82, 2.24) is 14.7 Å². The van der Waals surface area contributed by atoms with Gasteiger partial charge in [0.15, 0.2) is 0 Å². The number of benzene rings is 1. The molecule has 0 unspecified atom stereocenters. The van der Waals surface area contributed by atoms with Gasteiger partial charge in [0.25, 0.3) is 0 Å². The summed E-state index contributed by atoms with van der Waals surface area (Å²) in [6.07, 6.45) is 0.